The fourth-order valence-corrected chi connectivity index (χ4v) is 2.03. The van der Waals surface area contributed by atoms with Crippen molar-refractivity contribution in [2.75, 3.05) is 7.11 Å². The molecule has 5 nitrogen and oxygen atoms in total. The molecule has 0 aliphatic heterocycles. The minimum Gasteiger partial charge on any atom is -0.497 e. The van der Waals surface area contributed by atoms with E-state index in [0.717, 1.165) is 6.08 Å². The van der Waals surface area contributed by atoms with E-state index < -0.39 is 11.7 Å². The van der Waals surface area contributed by atoms with Crippen molar-refractivity contribution < 1.29 is 23.9 Å². The zero-order valence-corrected chi connectivity index (χ0v) is 13.4. The van der Waals surface area contributed by atoms with Gasteiger partial charge >= 0.3 is 0 Å². The molecule has 6 heteroatoms. The number of allylic oxidation sites excluding steroid dienone is 1. The summed E-state index contributed by atoms with van der Waals surface area (Å²) in [5.41, 5.74) is 2.55. The number of benzene rings is 2. The summed E-state index contributed by atoms with van der Waals surface area (Å²) in [7, 11) is 1.51. The Hall–Kier alpha value is -3.25. The van der Waals surface area contributed by atoms with Gasteiger partial charge in [0.1, 0.15) is 11.6 Å². The molecule has 0 radical (unpaired) electrons. The van der Waals surface area contributed by atoms with Gasteiger partial charge in [-0.25, -0.2) is 9.87 Å². The highest BCUT2D eigenvalue weighted by Gasteiger charge is 2.05. The number of nitrogens with one attached hydrogen (secondary N) is 1. The van der Waals surface area contributed by atoms with E-state index in [1.54, 1.807) is 30.3 Å². The summed E-state index contributed by atoms with van der Waals surface area (Å²) in [5.74, 6) is -0.968. The summed E-state index contributed by atoms with van der Waals surface area (Å²) in [6.45, 7) is 0. The summed E-state index contributed by atoms with van der Waals surface area (Å²) in [6, 6.07) is 11.0. The third kappa shape index (κ3) is 5.12. The standard InChI is InChI=1S/C19H16FNO4/c1-25-16-4-2-3-15(12-16)18(22)9-8-14-7-5-13(11-17(14)20)6-10-19(23)21-24/h2-12,24H,1H3,(H,21,23)/b9-8+,10-6+. The number of halogens is 1. The Balaban J connectivity index is 2.13. The van der Waals surface area contributed by atoms with Crippen molar-refractivity contribution in [1.82, 2.24) is 5.48 Å². The van der Waals surface area contributed by atoms with E-state index in [4.69, 9.17) is 9.94 Å². The van der Waals surface area contributed by atoms with E-state index in [1.807, 2.05) is 0 Å². The molecule has 0 aromatic heterocycles. The number of ketones is 1. The summed E-state index contributed by atoms with van der Waals surface area (Å²) >= 11 is 0. The lowest BCUT2D eigenvalue weighted by Crippen LogP contribution is -2.14. The molecule has 0 spiro atoms. The number of hydroxylamine groups is 1. The van der Waals surface area contributed by atoms with Crippen molar-refractivity contribution >= 4 is 23.8 Å². The number of rotatable bonds is 6. The predicted molar refractivity (Wildman–Crippen MR) is 91.7 cm³/mol. The van der Waals surface area contributed by atoms with Crippen LogP contribution >= 0.6 is 0 Å². The maximum absolute atomic E-state index is 14.1. The third-order valence-corrected chi connectivity index (χ3v) is 3.33. The number of carbonyl (C=O) groups is 2. The summed E-state index contributed by atoms with van der Waals surface area (Å²) in [4.78, 5) is 23.0. The second-order valence-corrected chi connectivity index (χ2v) is 5.02. The number of carbonyl (C=O) groups excluding carboxylic acids is 2. The average Bonchev–Trinajstić information content (AvgIpc) is 2.65. The first-order valence-corrected chi connectivity index (χ1v) is 7.31. The minimum absolute atomic E-state index is 0.236. The van der Waals surface area contributed by atoms with Crippen LogP contribution in [0.3, 0.4) is 0 Å². The van der Waals surface area contributed by atoms with E-state index in [2.05, 4.69) is 0 Å². The van der Waals surface area contributed by atoms with E-state index in [1.165, 1.54) is 43.0 Å². The summed E-state index contributed by atoms with van der Waals surface area (Å²) in [5, 5.41) is 8.39. The smallest absolute Gasteiger partial charge is 0.267 e. The number of hydrogen-bond acceptors (Lipinski definition) is 4. The van der Waals surface area contributed by atoms with Gasteiger partial charge in [-0.2, -0.15) is 0 Å². The Labute approximate surface area is 144 Å². The lowest BCUT2D eigenvalue weighted by molar-refractivity contribution is -0.124. The maximum atomic E-state index is 14.1. The minimum atomic E-state index is -0.715. The highest BCUT2D eigenvalue weighted by atomic mass is 19.1. The molecular weight excluding hydrogens is 325 g/mol. The summed E-state index contributed by atoms with van der Waals surface area (Å²) < 4.78 is 19.1. The van der Waals surface area contributed by atoms with Crippen LogP contribution in [0.4, 0.5) is 4.39 Å². The molecule has 0 atom stereocenters. The lowest BCUT2D eigenvalue weighted by atomic mass is 10.1. The van der Waals surface area contributed by atoms with Crippen LogP contribution in [0, 0.1) is 5.82 Å². The molecule has 0 heterocycles. The molecule has 2 N–H and O–H groups in total. The van der Waals surface area contributed by atoms with Crippen molar-refractivity contribution in [3.63, 3.8) is 0 Å². The van der Waals surface area contributed by atoms with Crippen LogP contribution in [0.2, 0.25) is 0 Å². The first-order valence-electron chi connectivity index (χ1n) is 7.31. The zero-order chi connectivity index (χ0) is 18.2. The quantitative estimate of drug-likeness (QED) is 0.366. The molecule has 25 heavy (non-hydrogen) atoms. The lowest BCUT2D eigenvalue weighted by Gasteiger charge is -2.02. The van der Waals surface area contributed by atoms with Gasteiger partial charge in [-0.05, 0) is 42.0 Å². The van der Waals surface area contributed by atoms with Crippen LogP contribution in [0.15, 0.2) is 54.6 Å². The average molecular weight is 341 g/mol. The van der Waals surface area contributed by atoms with Crippen LogP contribution in [0.5, 0.6) is 5.75 Å². The Kier molecular flexibility index (Phi) is 6.20. The van der Waals surface area contributed by atoms with Gasteiger partial charge < -0.3 is 4.74 Å². The summed E-state index contributed by atoms with van der Waals surface area (Å²) in [6.07, 6.45) is 5.08. The second-order valence-electron chi connectivity index (χ2n) is 5.02. The zero-order valence-electron chi connectivity index (χ0n) is 13.4. The molecule has 0 bridgehead atoms. The molecule has 2 aromatic rings. The van der Waals surface area contributed by atoms with Crippen molar-refractivity contribution in [2.24, 2.45) is 0 Å². The van der Waals surface area contributed by atoms with Crippen molar-refractivity contribution in [2.45, 2.75) is 0 Å². The van der Waals surface area contributed by atoms with Crippen molar-refractivity contribution in [1.29, 1.82) is 0 Å². The molecular formula is C19H16FNO4. The van der Waals surface area contributed by atoms with Crippen molar-refractivity contribution in [3.8, 4) is 5.75 Å². The Morgan fingerprint density at radius 2 is 1.92 bits per heavy atom. The fourth-order valence-electron chi connectivity index (χ4n) is 2.03. The van der Waals surface area contributed by atoms with E-state index >= 15 is 0 Å². The van der Waals surface area contributed by atoms with Gasteiger partial charge in [-0.1, -0.05) is 24.3 Å². The Bertz CT molecular complexity index is 843. The fraction of sp³-hybridized carbons (Fsp3) is 0.0526. The molecule has 0 saturated carbocycles. The van der Waals surface area contributed by atoms with Crippen LogP contribution in [0.25, 0.3) is 12.2 Å². The normalized spacial score (nSPS) is 11.0. The third-order valence-electron chi connectivity index (χ3n) is 3.33. The van der Waals surface area contributed by atoms with E-state index in [-0.39, 0.29) is 11.3 Å². The van der Waals surface area contributed by atoms with E-state index in [0.29, 0.717) is 16.9 Å². The first kappa shape index (κ1) is 18.1. The van der Waals surface area contributed by atoms with Gasteiger partial charge in [0.05, 0.1) is 7.11 Å². The monoisotopic (exact) mass is 341 g/mol. The van der Waals surface area contributed by atoms with Gasteiger partial charge in [-0.15, -0.1) is 0 Å². The second kappa shape index (κ2) is 8.56. The SMILES string of the molecule is COc1cccc(C(=O)/C=C/c2ccc(/C=C/C(=O)NO)cc2F)c1. The van der Waals surface area contributed by atoms with Crippen LogP contribution in [0.1, 0.15) is 21.5 Å². The Morgan fingerprint density at radius 3 is 2.60 bits per heavy atom. The molecule has 0 fully saturated rings. The van der Waals surface area contributed by atoms with E-state index in [9.17, 15) is 14.0 Å². The van der Waals surface area contributed by atoms with Gasteiger partial charge in [0.2, 0.25) is 0 Å². The highest BCUT2D eigenvalue weighted by Crippen LogP contribution is 2.16. The first-order chi connectivity index (χ1) is 12.0. The van der Waals surface area contributed by atoms with Crippen LogP contribution in [-0.2, 0) is 4.79 Å². The maximum Gasteiger partial charge on any atom is 0.267 e. The number of amides is 1. The number of methoxy groups -OCH3 is 1. The Morgan fingerprint density at radius 1 is 1.12 bits per heavy atom. The topological polar surface area (TPSA) is 75.6 Å². The molecule has 2 aromatic carbocycles. The van der Waals surface area contributed by atoms with Crippen LogP contribution in [-0.4, -0.2) is 24.0 Å². The molecule has 0 aliphatic carbocycles. The number of hydrogen-bond donors (Lipinski definition) is 2. The van der Waals surface area contributed by atoms with Crippen molar-refractivity contribution in [3.05, 3.63) is 77.1 Å². The molecule has 1 amide bonds. The predicted octanol–water partition coefficient (Wildman–Crippen LogP) is 3.25. The molecule has 0 aliphatic rings. The largest absolute Gasteiger partial charge is 0.497 e. The highest BCUT2D eigenvalue weighted by molar-refractivity contribution is 6.07. The molecule has 128 valence electrons. The number of ether oxygens (including phenoxy) is 1. The molecule has 0 saturated heterocycles. The van der Waals surface area contributed by atoms with Gasteiger partial charge in [-0.3, -0.25) is 14.8 Å². The van der Waals surface area contributed by atoms with Gasteiger partial charge in [0.15, 0.2) is 5.78 Å². The molecule has 0 unspecified atom stereocenters. The van der Waals surface area contributed by atoms with Gasteiger partial charge in [0, 0.05) is 17.2 Å². The van der Waals surface area contributed by atoms with Crippen LogP contribution < -0.4 is 10.2 Å². The molecule has 2 rings (SSSR count). The van der Waals surface area contributed by atoms with Gasteiger partial charge in [0.25, 0.3) is 5.91 Å².